The Balaban J connectivity index is 0.00000256. The second kappa shape index (κ2) is 6.53. The fourth-order valence-electron chi connectivity index (χ4n) is 1.29. The smallest absolute Gasteiger partial charge is 0.251 e. The monoisotopic (exact) mass is 285 g/mol. The summed E-state index contributed by atoms with van der Waals surface area (Å²) in [6.07, 6.45) is 1.84. The summed E-state index contributed by atoms with van der Waals surface area (Å²) < 4.78 is 22.8. The number of halogens is 1. The van der Waals surface area contributed by atoms with E-state index in [1.165, 1.54) is 0 Å². The lowest BCUT2D eigenvalue weighted by atomic mass is 10.0. The van der Waals surface area contributed by atoms with Crippen molar-refractivity contribution in [2.24, 2.45) is 11.7 Å². The van der Waals surface area contributed by atoms with E-state index in [4.69, 9.17) is 5.73 Å². The van der Waals surface area contributed by atoms with Crippen molar-refractivity contribution in [1.82, 2.24) is 10.3 Å². The number of sulfonamides is 1. The van der Waals surface area contributed by atoms with Gasteiger partial charge in [0.25, 0.3) is 5.91 Å². The van der Waals surface area contributed by atoms with Gasteiger partial charge in [0, 0.05) is 0 Å². The second-order valence-corrected chi connectivity index (χ2v) is 6.53. The average molecular weight is 286 g/mol. The van der Waals surface area contributed by atoms with Gasteiger partial charge in [0.2, 0.25) is 10.0 Å². The molecule has 1 saturated carbocycles. The SMILES string of the molecule is CC(C)C[C@H](N)C(=O)NNS(=O)(=O)C1CC1.Cl. The molecule has 0 spiro atoms. The summed E-state index contributed by atoms with van der Waals surface area (Å²) in [6.45, 7) is 3.89. The van der Waals surface area contributed by atoms with Gasteiger partial charge < -0.3 is 5.73 Å². The standard InChI is InChI=1S/C9H19N3O3S.ClH/c1-6(2)5-8(10)9(13)11-12-16(14,15)7-3-4-7;/h6-8,12H,3-5,10H2,1-2H3,(H,11,13);1H/t8-;/m0./s1. The van der Waals surface area contributed by atoms with Gasteiger partial charge in [0.05, 0.1) is 11.3 Å². The van der Waals surface area contributed by atoms with Crippen molar-refractivity contribution in [3.63, 3.8) is 0 Å². The normalized spacial score (nSPS) is 17.4. The van der Waals surface area contributed by atoms with Crippen molar-refractivity contribution in [3.05, 3.63) is 0 Å². The van der Waals surface area contributed by atoms with E-state index in [0.29, 0.717) is 25.2 Å². The molecule has 4 N–H and O–H groups in total. The first kappa shape index (κ1) is 16.6. The second-order valence-electron chi connectivity index (χ2n) is 4.57. The van der Waals surface area contributed by atoms with E-state index in [0.717, 1.165) is 0 Å². The Morgan fingerprint density at radius 3 is 2.35 bits per heavy atom. The summed E-state index contributed by atoms with van der Waals surface area (Å²) in [7, 11) is -3.38. The van der Waals surface area contributed by atoms with Crippen LogP contribution in [0.5, 0.6) is 0 Å². The topological polar surface area (TPSA) is 101 Å². The Morgan fingerprint density at radius 1 is 1.41 bits per heavy atom. The van der Waals surface area contributed by atoms with Crippen LogP contribution in [0.1, 0.15) is 33.1 Å². The lowest BCUT2D eigenvalue weighted by molar-refractivity contribution is -0.123. The van der Waals surface area contributed by atoms with Crippen molar-refractivity contribution < 1.29 is 13.2 Å². The zero-order valence-corrected chi connectivity index (χ0v) is 11.6. The average Bonchev–Trinajstić information content (AvgIpc) is 2.96. The number of carbonyl (C=O) groups excluding carboxylic acids is 1. The summed E-state index contributed by atoms with van der Waals surface area (Å²) in [5.74, 6) is -0.196. The van der Waals surface area contributed by atoms with Crippen molar-refractivity contribution in [1.29, 1.82) is 0 Å². The molecule has 1 rings (SSSR count). The molecule has 6 nitrogen and oxygen atoms in total. The minimum absolute atomic E-state index is 0. The van der Waals surface area contributed by atoms with E-state index in [1.54, 1.807) is 0 Å². The summed E-state index contributed by atoms with van der Waals surface area (Å²) >= 11 is 0. The number of carbonyl (C=O) groups is 1. The fraction of sp³-hybridized carbons (Fsp3) is 0.889. The number of nitrogens with two attached hydrogens (primary N) is 1. The van der Waals surface area contributed by atoms with Crippen LogP contribution in [-0.4, -0.2) is 25.6 Å². The van der Waals surface area contributed by atoms with Crippen molar-refractivity contribution in [2.45, 2.75) is 44.4 Å². The Hall–Kier alpha value is -0.370. The molecule has 17 heavy (non-hydrogen) atoms. The van der Waals surface area contributed by atoms with E-state index < -0.39 is 22.0 Å². The van der Waals surface area contributed by atoms with Gasteiger partial charge in [-0.05, 0) is 25.2 Å². The zero-order chi connectivity index (χ0) is 12.3. The summed E-state index contributed by atoms with van der Waals surface area (Å²) in [5, 5.41) is -0.353. The van der Waals surface area contributed by atoms with Crippen LogP contribution in [0.2, 0.25) is 0 Å². The number of amides is 1. The molecule has 0 aromatic rings. The lowest BCUT2D eigenvalue weighted by Crippen LogP contribution is -2.50. The van der Waals surface area contributed by atoms with Gasteiger partial charge in [-0.15, -0.1) is 17.2 Å². The van der Waals surface area contributed by atoms with E-state index in [2.05, 4.69) is 10.3 Å². The summed E-state index contributed by atoms with van der Waals surface area (Å²) in [6, 6.07) is -0.679. The first-order valence-corrected chi connectivity index (χ1v) is 6.93. The molecule has 1 fully saturated rings. The molecule has 0 heterocycles. The first-order chi connectivity index (χ1) is 7.33. The van der Waals surface area contributed by atoms with Crippen LogP contribution < -0.4 is 16.0 Å². The highest BCUT2D eigenvalue weighted by molar-refractivity contribution is 7.90. The Bertz CT molecular complexity index is 354. The third-order valence-electron chi connectivity index (χ3n) is 2.34. The maximum absolute atomic E-state index is 11.4. The molecule has 102 valence electrons. The largest absolute Gasteiger partial charge is 0.320 e. The number of hydrazine groups is 1. The number of hydrogen-bond donors (Lipinski definition) is 3. The molecule has 0 aromatic carbocycles. The zero-order valence-electron chi connectivity index (χ0n) is 9.97. The summed E-state index contributed by atoms with van der Waals surface area (Å²) in [4.78, 5) is 13.5. The molecule has 1 amide bonds. The Labute approximate surface area is 108 Å². The van der Waals surface area contributed by atoms with Crippen LogP contribution in [0.4, 0.5) is 0 Å². The molecule has 0 unspecified atom stereocenters. The van der Waals surface area contributed by atoms with Gasteiger partial charge in [-0.1, -0.05) is 13.8 Å². The highest BCUT2D eigenvalue weighted by Crippen LogP contribution is 2.26. The third kappa shape index (κ3) is 5.67. The van der Waals surface area contributed by atoms with Gasteiger partial charge in [-0.2, -0.15) is 0 Å². The Kier molecular flexibility index (Phi) is 6.39. The molecular weight excluding hydrogens is 266 g/mol. The Morgan fingerprint density at radius 2 is 1.94 bits per heavy atom. The van der Waals surface area contributed by atoms with Gasteiger partial charge in [0.1, 0.15) is 0 Å². The number of rotatable bonds is 6. The van der Waals surface area contributed by atoms with E-state index in [1.807, 2.05) is 13.8 Å². The predicted molar refractivity (Wildman–Crippen MR) is 67.9 cm³/mol. The number of nitrogens with one attached hydrogen (secondary N) is 2. The maximum Gasteiger partial charge on any atom is 0.251 e. The van der Waals surface area contributed by atoms with Crippen molar-refractivity contribution in [2.75, 3.05) is 0 Å². The van der Waals surface area contributed by atoms with E-state index >= 15 is 0 Å². The fourth-order valence-corrected chi connectivity index (χ4v) is 2.46. The molecular formula is C9H20ClN3O3S. The molecule has 0 bridgehead atoms. The molecule has 1 aliphatic carbocycles. The quantitative estimate of drug-likeness (QED) is 0.593. The molecule has 0 saturated heterocycles. The molecule has 1 atom stereocenters. The minimum atomic E-state index is -3.38. The van der Waals surface area contributed by atoms with E-state index in [-0.39, 0.29) is 17.7 Å². The molecule has 8 heteroatoms. The van der Waals surface area contributed by atoms with Crippen molar-refractivity contribution in [3.8, 4) is 0 Å². The van der Waals surface area contributed by atoms with Crippen LogP contribution in [0.25, 0.3) is 0 Å². The lowest BCUT2D eigenvalue weighted by Gasteiger charge is -2.14. The van der Waals surface area contributed by atoms with Gasteiger partial charge in [-0.3, -0.25) is 10.2 Å². The molecule has 1 aliphatic rings. The number of hydrogen-bond acceptors (Lipinski definition) is 4. The maximum atomic E-state index is 11.4. The molecule has 0 radical (unpaired) electrons. The highest BCUT2D eigenvalue weighted by Gasteiger charge is 2.36. The van der Waals surface area contributed by atoms with Crippen LogP contribution >= 0.6 is 12.4 Å². The summed E-state index contributed by atoms with van der Waals surface area (Å²) in [5.41, 5.74) is 7.74. The van der Waals surface area contributed by atoms with Gasteiger partial charge in [-0.25, -0.2) is 8.42 Å². The molecule has 0 aromatic heterocycles. The molecule has 0 aliphatic heterocycles. The minimum Gasteiger partial charge on any atom is -0.320 e. The van der Waals surface area contributed by atoms with E-state index in [9.17, 15) is 13.2 Å². The van der Waals surface area contributed by atoms with Crippen LogP contribution in [-0.2, 0) is 14.8 Å². The predicted octanol–water partition coefficient (Wildman–Crippen LogP) is -0.105. The van der Waals surface area contributed by atoms with Crippen LogP contribution in [0.3, 0.4) is 0 Å². The van der Waals surface area contributed by atoms with Gasteiger partial charge in [0.15, 0.2) is 0 Å². The van der Waals surface area contributed by atoms with Crippen LogP contribution in [0.15, 0.2) is 0 Å². The van der Waals surface area contributed by atoms with Crippen molar-refractivity contribution >= 4 is 28.3 Å². The highest BCUT2D eigenvalue weighted by atomic mass is 35.5. The van der Waals surface area contributed by atoms with Crippen LogP contribution in [0, 0.1) is 5.92 Å². The third-order valence-corrected chi connectivity index (χ3v) is 4.08. The van der Waals surface area contributed by atoms with Gasteiger partial charge >= 0.3 is 0 Å². The first-order valence-electron chi connectivity index (χ1n) is 5.39.